The zero-order chi connectivity index (χ0) is 15.6. The third-order valence-corrected chi connectivity index (χ3v) is 5.09. The van der Waals surface area contributed by atoms with E-state index in [1.165, 1.54) is 11.1 Å². The van der Waals surface area contributed by atoms with Crippen molar-refractivity contribution in [3.05, 3.63) is 35.4 Å². The average Bonchev–Trinajstić information content (AvgIpc) is 2.37. The molecule has 20 heavy (non-hydrogen) atoms. The van der Waals surface area contributed by atoms with Crippen LogP contribution in [-0.2, 0) is 5.41 Å². The molecule has 2 atom stereocenters. The van der Waals surface area contributed by atoms with Gasteiger partial charge in [0.05, 0.1) is 0 Å². The molecule has 0 amide bonds. The SMILES string of the molecule is CCC(C)(C)c1ccc(C(N)CC(C)C(C)(C)C)cc1. The van der Waals surface area contributed by atoms with Crippen molar-refractivity contribution in [2.24, 2.45) is 17.1 Å². The summed E-state index contributed by atoms with van der Waals surface area (Å²) < 4.78 is 0. The first-order chi connectivity index (χ1) is 9.08. The second-order valence-corrected chi connectivity index (χ2v) is 7.97. The molecule has 0 saturated carbocycles. The Labute approximate surface area is 126 Å². The summed E-state index contributed by atoms with van der Waals surface area (Å²) >= 11 is 0. The van der Waals surface area contributed by atoms with Crippen LogP contribution in [0.3, 0.4) is 0 Å². The van der Waals surface area contributed by atoms with E-state index >= 15 is 0 Å². The van der Waals surface area contributed by atoms with E-state index in [0.29, 0.717) is 11.3 Å². The lowest BCUT2D eigenvalue weighted by atomic mass is 9.77. The summed E-state index contributed by atoms with van der Waals surface area (Å²) in [6.45, 7) is 16.0. The molecular formula is C19H33N. The highest BCUT2D eigenvalue weighted by atomic mass is 14.6. The van der Waals surface area contributed by atoms with Gasteiger partial charge >= 0.3 is 0 Å². The molecule has 0 fully saturated rings. The van der Waals surface area contributed by atoms with Gasteiger partial charge in [-0.25, -0.2) is 0 Å². The second-order valence-electron chi connectivity index (χ2n) is 7.97. The molecular weight excluding hydrogens is 242 g/mol. The van der Waals surface area contributed by atoms with E-state index in [1.54, 1.807) is 0 Å². The monoisotopic (exact) mass is 275 g/mol. The van der Waals surface area contributed by atoms with Gasteiger partial charge in [0.2, 0.25) is 0 Å². The van der Waals surface area contributed by atoms with Crippen molar-refractivity contribution in [3.8, 4) is 0 Å². The Morgan fingerprint density at radius 2 is 1.50 bits per heavy atom. The minimum atomic E-state index is 0.142. The van der Waals surface area contributed by atoms with Gasteiger partial charge in [-0.15, -0.1) is 0 Å². The third kappa shape index (κ3) is 4.34. The second kappa shape index (κ2) is 6.30. The first kappa shape index (κ1) is 17.2. The van der Waals surface area contributed by atoms with Gasteiger partial charge in [-0.3, -0.25) is 0 Å². The molecule has 1 heteroatoms. The molecule has 0 saturated heterocycles. The smallest absolute Gasteiger partial charge is 0.0297 e. The number of rotatable bonds is 5. The molecule has 1 aromatic carbocycles. The lowest BCUT2D eigenvalue weighted by Gasteiger charge is -2.30. The Morgan fingerprint density at radius 1 is 1.00 bits per heavy atom. The van der Waals surface area contributed by atoms with E-state index < -0.39 is 0 Å². The van der Waals surface area contributed by atoms with Crippen LogP contribution in [0.25, 0.3) is 0 Å². The largest absolute Gasteiger partial charge is 0.324 e. The molecule has 0 aromatic heterocycles. The standard InChI is InChI=1S/C19H33N/c1-8-19(6,7)16-11-9-15(10-12-16)17(20)13-14(2)18(3,4)5/h9-12,14,17H,8,13,20H2,1-7H3. The summed E-state index contributed by atoms with van der Waals surface area (Å²) in [4.78, 5) is 0. The van der Waals surface area contributed by atoms with Crippen molar-refractivity contribution in [3.63, 3.8) is 0 Å². The molecule has 0 radical (unpaired) electrons. The summed E-state index contributed by atoms with van der Waals surface area (Å²) in [6.07, 6.45) is 2.19. The molecule has 1 rings (SSSR count). The molecule has 2 unspecified atom stereocenters. The summed E-state index contributed by atoms with van der Waals surface area (Å²) in [6, 6.07) is 9.07. The van der Waals surface area contributed by atoms with Crippen molar-refractivity contribution in [1.29, 1.82) is 0 Å². The minimum Gasteiger partial charge on any atom is -0.324 e. The van der Waals surface area contributed by atoms with Crippen molar-refractivity contribution in [2.75, 3.05) is 0 Å². The molecule has 0 aliphatic carbocycles. The number of benzene rings is 1. The Bertz CT molecular complexity index is 408. The normalized spacial score (nSPS) is 16.0. The van der Waals surface area contributed by atoms with Crippen LogP contribution in [0.1, 0.15) is 78.5 Å². The van der Waals surface area contributed by atoms with Crippen LogP contribution in [0, 0.1) is 11.3 Å². The van der Waals surface area contributed by atoms with Gasteiger partial charge in [0, 0.05) is 6.04 Å². The topological polar surface area (TPSA) is 26.0 Å². The van der Waals surface area contributed by atoms with Crippen molar-refractivity contribution in [2.45, 2.75) is 72.8 Å². The van der Waals surface area contributed by atoms with Crippen LogP contribution < -0.4 is 5.73 Å². The van der Waals surface area contributed by atoms with Gasteiger partial charge < -0.3 is 5.73 Å². The maximum atomic E-state index is 6.38. The Balaban J connectivity index is 2.79. The van der Waals surface area contributed by atoms with Crippen LogP contribution >= 0.6 is 0 Å². The number of nitrogens with two attached hydrogens (primary N) is 1. The lowest BCUT2D eigenvalue weighted by Crippen LogP contribution is -2.23. The fourth-order valence-electron chi connectivity index (χ4n) is 2.26. The van der Waals surface area contributed by atoms with Gasteiger partial charge in [0.25, 0.3) is 0 Å². The summed E-state index contributed by atoms with van der Waals surface area (Å²) in [7, 11) is 0. The third-order valence-electron chi connectivity index (χ3n) is 5.09. The van der Waals surface area contributed by atoms with E-state index in [4.69, 9.17) is 5.73 Å². The first-order valence-electron chi connectivity index (χ1n) is 7.94. The van der Waals surface area contributed by atoms with Crippen LogP contribution in [0.5, 0.6) is 0 Å². The zero-order valence-electron chi connectivity index (χ0n) is 14.5. The highest BCUT2D eigenvalue weighted by Gasteiger charge is 2.23. The molecule has 2 N–H and O–H groups in total. The molecule has 0 bridgehead atoms. The van der Waals surface area contributed by atoms with E-state index in [-0.39, 0.29) is 11.5 Å². The Hall–Kier alpha value is -0.820. The average molecular weight is 275 g/mol. The van der Waals surface area contributed by atoms with Gasteiger partial charge in [-0.2, -0.15) is 0 Å². The Kier molecular flexibility index (Phi) is 5.43. The predicted molar refractivity (Wildman–Crippen MR) is 89.9 cm³/mol. The van der Waals surface area contributed by atoms with Crippen LogP contribution in [-0.4, -0.2) is 0 Å². The maximum Gasteiger partial charge on any atom is 0.0297 e. The highest BCUT2D eigenvalue weighted by Crippen LogP contribution is 2.33. The highest BCUT2D eigenvalue weighted by molar-refractivity contribution is 5.29. The molecule has 1 aromatic rings. The summed E-state index contributed by atoms with van der Waals surface area (Å²) in [5.41, 5.74) is 9.62. The first-order valence-corrected chi connectivity index (χ1v) is 7.94. The van der Waals surface area contributed by atoms with E-state index in [0.717, 1.165) is 12.8 Å². The fourth-order valence-corrected chi connectivity index (χ4v) is 2.26. The Morgan fingerprint density at radius 3 is 1.90 bits per heavy atom. The van der Waals surface area contributed by atoms with Crippen LogP contribution in [0.4, 0.5) is 0 Å². The number of hydrogen-bond acceptors (Lipinski definition) is 1. The van der Waals surface area contributed by atoms with Crippen molar-refractivity contribution >= 4 is 0 Å². The van der Waals surface area contributed by atoms with Gasteiger partial charge in [0.15, 0.2) is 0 Å². The number of hydrogen-bond donors (Lipinski definition) is 1. The van der Waals surface area contributed by atoms with Gasteiger partial charge in [0.1, 0.15) is 0 Å². The summed E-state index contributed by atoms with van der Waals surface area (Å²) in [5.74, 6) is 0.615. The zero-order valence-corrected chi connectivity index (χ0v) is 14.5. The lowest BCUT2D eigenvalue weighted by molar-refractivity contribution is 0.234. The van der Waals surface area contributed by atoms with Crippen molar-refractivity contribution in [1.82, 2.24) is 0 Å². The van der Waals surface area contributed by atoms with E-state index in [1.807, 2.05) is 0 Å². The quantitative estimate of drug-likeness (QED) is 0.760. The molecule has 0 aliphatic rings. The van der Waals surface area contributed by atoms with Gasteiger partial charge in [-0.05, 0) is 40.7 Å². The predicted octanol–water partition coefficient (Wildman–Crippen LogP) is 5.45. The minimum absolute atomic E-state index is 0.142. The molecule has 0 heterocycles. The molecule has 0 spiro atoms. The van der Waals surface area contributed by atoms with Gasteiger partial charge in [-0.1, -0.05) is 72.7 Å². The maximum absolute atomic E-state index is 6.38. The van der Waals surface area contributed by atoms with Crippen molar-refractivity contribution < 1.29 is 0 Å². The molecule has 0 aliphatic heterocycles. The molecule has 1 nitrogen and oxygen atoms in total. The van der Waals surface area contributed by atoms with E-state index in [2.05, 4.69) is 72.7 Å². The summed E-state index contributed by atoms with van der Waals surface area (Å²) in [5, 5.41) is 0. The van der Waals surface area contributed by atoms with Crippen LogP contribution in [0.2, 0.25) is 0 Å². The van der Waals surface area contributed by atoms with Crippen LogP contribution in [0.15, 0.2) is 24.3 Å². The fraction of sp³-hybridized carbons (Fsp3) is 0.684. The van der Waals surface area contributed by atoms with E-state index in [9.17, 15) is 0 Å². The molecule has 114 valence electrons.